The van der Waals surface area contributed by atoms with E-state index in [1.54, 1.807) is 7.11 Å². The van der Waals surface area contributed by atoms with E-state index < -0.39 is 0 Å². The molecule has 0 aliphatic rings. The monoisotopic (exact) mass is 377 g/mol. The maximum atomic E-state index is 5.92. The summed E-state index contributed by atoms with van der Waals surface area (Å²) in [6.07, 6.45) is 1.04. The van der Waals surface area contributed by atoms with Crippen molar-refractivity contribution in [1.29, 1.82) is 0 Å². The van der Waals surface area contributed by atoms with Gasteiger partial charge in [-0.25, -0.2) is 0 Å². The third-order valence-corrected chi connectivity index (χ3v) is 6.46. The highest BCUT2D eigenvalue weighted by Crippen LogP contribution is 2.48. The molecule has 0 heterocycles. The molecule has 0 fully saturated rings. The lowest BCUT2D eigenvalue weighted by atomic mass is 9.83. The molecule has 0 spiro atoms. The van der Waals surface area contributed by atoms with Gasteiger partial charge in [0.05, 0.1) is 11.9 Å². The summed E-state index contributed by atoms with van der Waals surface area (Å²) in [4.78, 5) is 0. The van der Waals surface area contributed by atoms with Crippen LogP contribution < -0.4 is 10.5 Å². The van der Waals surface area contributed by atoms with Crippen molar-refractivity contribution in [2.75, 3.05) is 19.4 Å². The summed E-state index contributed by atoms with van der Waals surface area (Å²) >= 11 is 1.89. The zero-order valence-electron chi connectivity index (χ0n) is 16.0. The fourth-order valence-corrected chi connectivity index (χ4v) is 4.77. The Bertz CT molecular complexity index is 781. The Morgan fingerprint density at radius 3 is 1.89 bits per heavy atom. The van der Waals surface area contributed by atoms with Gasteiger partial charge in [-0.2, -0.15) is 0 Å². The fraction of sp³-hybridized carbons (Fsp3) is 0.250. The van der Waals surface area contributed by atoms with Gasteiger partial charge in [0.15, 0.2) is 0 Å². The number of rotatable bonds is 8. The quantitative estimate of drug-likeness (QED) is 0.545. The normalized spacial score (nSPS) is 13.1. The smallest absolute Gasteiger partial charge is 0.118 e. The summed E-state index contributed by atoms with van der Waals surface area (Å²) in [5.41, 5.74) is 11.0. The van der Waals surface area contributed by atoms with Gasteiger partial charge in [-0.3, -0.25) is 0 Å². The predicted molar refractivity (Wildman–Crippen MR) is 117 cm³/mol. The Hall–Kier alpha value is -2.23. The minimum atomic E-state index is -0.306. The largest absolute Gasteiger partial charge is 0.497 e. The molecule has 3 heteroatoms. The second-order valence-corrected chi connectivity index (χ2v) is 7.77. The third-order valence-electron chi connectivity index (χ3n) is 4.88. The molecule has 0 radical (unpaired) electrons. The Morgan fingerprint density at radius 1 is 0.815 bits per heavy atom. The first-order chi connectivity index (χ1) is 13.2. The SMILES string of the molecule is CCc1ccc(C(SCCN)(c2ccccc2)c2ccc(OC)cc2)cc1. The van der Waals surface area contributed by atoms with Crippen molar-refractivity contribution < 1.29 is 4.74 Å². The van der Waals surface area contributed by atoms with Gasteiger partial charge in [-0.05, 0) is 40.8 Å². The fourth-order valence-electron chi connectivity index (χ4n) is 3.44. The molecule has 140 valence electrons. The summed E-state index contributed by atoms with van der Waals surface area (Å²) in [5, 5.41) is 0. The van der Waals surface area contributed by atoms with Crippen LogP contribution in [0.2, 0.25) is 0 Å². The zero-order chi connectivity index (χ0) is 19.1. The molecule has 3 aromatic carbocycles. The van der Waals surface area contributed by atoms with Crippen LogP contribution in [0.4, 0.5) is 0 Å². The Labute approximate surface area is 166 Å². The first-order valence-corrected chi connectivity index (χ1v) is 10.4. The summed E-state index contributed by atoms with van der Waals surface area (Å²) in [6, 6.07) is 28.1. The van der Waals surface area contributed by atoms with Crippen molar-refractivity contribution in [3.8, 4) is 5.75 Å². The molecule has 0 aliphatic carbocycles. The Kier molecular flexibility index (Phi) is 6.59. The van der Waals surface area contributed by atoms with Crippen LogP contribution in [0, 0.1) is 0 Å². The van der Waals surface area contributed by atoms with Crippen LogP contribution in [-0.2, 0) is 11.2 Å². The molecule has 2 nitrogen and oxygen atoms in total. The number of aryl methyl sites for hydroxylation is 1. The minimum absolute atomic E-state index is 0.306. The van der Waals surface area contributed by atoms with Gasteiger partial charge in [-0.15, -0.1) is 11.8 Å². The van der Waals surface area contributed by atoms with Gasteiger partial charge < -0.3 is 10.5 Å². The predicted octanol–water partition coefficient (Wildman–Crippen LogP) is 5.24. The summed E-state index contributed by atoms with van der Waals surface area (Å²) in [7, 11) is 1.70. The van der Waals surface area contributed by atoms with Gasteiger partial charge in [-0.1, -0.05) is 73.7 Å². The van der Waals surface area contributed by atoms with Crippen LogP contribution >= 0.6 is 11.8 Å². The number of benzene rings is 3. The molecule has 1 atom stereocenters. The molecular weight excluding hydrogens is 350 g/mol. The van der Waals surface area contributed by atoms with E-state index in [2.05, 4.69) is 73.7 Å². The number of methoxy groups -OCH3 is 1. The molecule has 3 aromatic rings. The molecular formula is C24H27NOS. The summed E-state index contributed by atoms with van der Waals surface area (Å²) in [5.74, 6) is 1.74. The molecule has 3 rings (SSSR count). The van der Waals surface area contributed by atoms with E-state index in [-0.39, 0.29) is 4.75 Å². The first-order valence-electron chi connectivity index (χ1n) is 9.38. The molecule has 0 saturated carbocycles. The number of hydrogen-bond donors (Lipinski definition) is 1. The number of ether oxygens (including phenoxy) is 1. The van der Waals surface area contributed by atoms with Crippen LogP contribution in [0.3, 0.4) is 0 Å². The average Bonchev–Trinajstić information content (AvgIpc) is 2.76. The van der Waals surface area contributed by atoms with Crippen molar-refractivity contribution in [3.05, 3.63) is 101 Å². The van der Waals surface area contributed by atoms with E-state index in [1.165, 1.54) is 22.3 Å². The highest BCUT2D eigenvalue weighted by atomic mass is 32.2. The van der Waals surface area contributed by atoms with Crippen LogP contribution in [0.15, 0.2) is 78.9 Å². The van der Waals surface area contributed by atoms with Crippen molar-refractivity contribution in [3.63, 3.8) is 0 Å². The average molecular weight is 378 g/mol. The van der Waals surface area contributed by atoms with Crippen molar-refractivity contribution in [2.24, 2.45) is 5.73 Å². The maximum absolute atomic E-state index is 5.92. The topological polar surface area (TPSA) is 35.2 Å². The molecule has 2 N–H and O–H groups in total. The second kappa shape index (κ2) is 9.12. The van der Waals surface area contributed by atoms with Crippen molar-refractivity contribution in [2.45, 2.75) is 18.1 Å². The molecule has 0 bridgehead atoms. The van der Waals surface area contributed by atoms with E-state index in [4.69, 9.17) is 10.5 Å². The number of thioether (sulfide) groups is 1. The highest BCUT2D eigenvalue weighted by Gasteiger charge is 2.36. The molecule has 27 heavy (non-hydrogen) atoms. The van der Waals surface area contributed by atoms with Crippen LogP contribution in [0.5, 0.6) is 5.75 Å². The van der Waals surface area contributed by atoms with Gasteiger partial charge in [0.25, 0.3) is 0 Å². The second-order valence-electron chi connectivity index (χ2n) is 6.46. The highest BCUT2D eigenvalue weighted by molar-refractivity contribution is 8.00. The van der Waals surface area contributed by atoms with E-state index in [0.717, 1.165) is 17.9 Å². The Morgan fingerprint density at radius 2 is 1.37 bits per heavy atom. The van der Waals surface area contributed by atoms with Gasteiger partial charge in [0.1, 0.15) is 5.75 Å². The lowest BCUT2D eigenvalue weighted by Crippen LogP contribution is -2.27. The Balaban J connectivity index is 2.22. The maximum Gasteiger partial charge on any atom is 0.118 e. The van der Waals surface area contributed by atoms with Gasteiger partial charge in [0.2, 0.25) is 0 Å². The summed E-state index contributed by atoms with van der Waals surface area (Å²) < 4.78 is 5.07. The van der Waals surface area contributed by atoms with Crippen molar-refractivity contribution >= 4 is 11.8 Å². The van der Waals surface area contributed by atoms with E-state index >= 15 is 0 Å². The number of nitrogens with two attached hydrogens (primary N) is 1. The van der Waals surface area contributed by atoms with Gasteiger partial charge in [0, 0.05) is 12.3 Å². The third kappa shape index (κ3) is 4.05. The molecule has 0 saturated heterocycles. The standard InChI is InChI=1S/C24H27NOS/c1-3-19-9-11-21(12-10-19)24(27-18-17-25,20-7-5-4-6-8-20)22-13-15-23(26-2)16-14-22/h4-16H,3,17-18,25H2,1-2H3. The van der Waals surface area contributed by atoms with E-state index in [0.29, 0.717) is 6.54 Å². The summed E-state index contributed by atoms with van der Waals surface area (Å²) in [6.45, 7) is 2.83. The van der Waals surface area contributed by atoms with Crippen molar-refractivity contribution in [1.82, 2.24) is 0 Å². The molecule has 1 unspecified atom stereocenters. The number of hydrogen-bond acceptors (Lipinski definition) is 3. The first kappa shape index (κ1) is 19.5. The lowest BCUT2D eigenvalue weighted by molar-refractivity contribution is 0.414. The lowest BCUT2D eigenvalue weighted by Gasteiger charge is -2.35. The van der Waals surface area contributed by atoms with Gasteiger partial charge >= 0.3 is 0 Å². The molecule has 0 aromatic heterocycles. The van der Waals surface area contributed by atoms with Crippen LogP contribution in [0.1, 0.15) is 29.2 Å². The van der Waals surface area contributed by atoms with Crippen LogP contribution in [0.25, 0.3) is 0 Å². The molecule has 0 aliphatic heterocycles. The van der Waals surface area contributed by atoms with Crippen LogP contribution in [-0.4, -0.2) is 19.4 Å². The zero-order valence-corrected chi connectivity index (χ0v) is 16.8. The van der Waals surface area contributed by atoms with E-state index in [9.17, 15) is 0 Å². The van der Waals surface area contributed by atoms with E-state index in [1.807, 2.05) is 23.9 Å². The minimum Gasteiger partial charge on any atom is -0.497 e. The molecule has 0 amide bonds.